The van der Waals surface area contributed by atoms with Crippen molar-refractivity contribution in [1.82, 2.24) is 4.57 Å². The summed E-state index contributed by atoms with van der Waals surface area (Å²) < 4.78 is 13.5. The number of esters is 1. The second-order valence-electron chi connectivity index (χ2n) is 8.89. The number of thiazole rings is 1. The minimum Gasteiger partial charge on any atom is -0.508 e. The zero-order chi connectivity index (χ0) is 26.7. The minimum atomic E-state index is -0.761. The average molecular weight is 519 g/mol. The molecule has 1 aliphatic heterocycles. The molecule has 0 radical (unpaired) electrons. The molecule has 0 spiro atoms. The van der Waals surface area contributed by atoms with E-state index in [2.05, 4.69) is 11.6 Å². The van der Waals surface area contributed by atoms with Crippen molar-refractivity contribution in [2.45, 2.75) is 46.3 Å². The molecule has 8 heteroatoms. The second kappa shape index (κ2) is 11.0. The van der Waals surface area contributed by atoms with E-state index in [1.807, 2.05) is 44.2 Å². The van der Waals surface area contributed by atoms with Gasteiger partial charge in [-0.05, 0) is 69.5 Å². The van der Waals surface area contributed by atoms with Gasteiger partial charge in [0.1, 0.15) is 17.5 Å². The number of nitrogens with zero attached hydrogens (tertiary/aromatic N) is 2. The van der Waals surface area contributed by atoms with Crippen molar-refractivity contribution in [3.05, 3.63) is 103 Å². The Morgan fingerprint density at radius 1 is 1.27 bits per heavy atom. The number of phenols is 1. The SMILES string of the molecule is C=CCc1cc(/C=c2/sc3n(c2=O)[C@@H](c2ccccc2OC(C)C)C(C(=O)OCC)=C(C)N=3)ccc1O. The highest BCUT2D eigenvalue weighted by Gasteiger charge is 2.35. The predicted molar refractivity (Wildman–Crippen MR) is 145 cm³/mol. The maximum atomic E-state index is 13.8. The van der Waals surface area contributed by atoms with Gasteiger partial charge in [-0.15, -0.1) is 6.58 Å². The molecule has 0 unspecified atom stereocenters. The number of fused-ring (bicyclic) bond motifs is 1. The molecule has 37 heavy (non-hydrogen) atoms. The van der Waals surface area contributed by atoms with Crippen LogP contribution in [0, 0.1) is 0 Å². The van der Waals surface area contributed by atoms with Crippen molar-refractivity contribution in [1.29, 1.82) is 0 Å². The number of rotatable bonds is 8. The Kier molecular flexibility index (Phi) is 7.78. The third kappa shape index (κ3) is 5.29. The van der Waals surface area contributed by atoms with Crippen LogP contribution in [-0.2, 0) is 16.0 Å². The minimum absolute atomic E-state index is 0.104. The lowest BCUT2D eigenvalue weighted by Gasteiger charge is -2.26. The smallest absolute Gasteiger partial charge is 0.338 e. The monoisotopic (exact) mass is 518 g/mol. The van der Waals surface area contributed by atoms with Gasteiger partial charge in [0, 0.05) is 5.56 Å². The first-order valence-corrected chi connectivity index (χ1v) is 12.9. The van der Waals surface area contributed by atoms with Crippen molar-refractivity contribution >= 4 is 23.4 Å². The molecule has 0 aliphatic carbocycles. The summed E-state index contributed by atoms with van der Waals surface area (Å²) in [6, 6.07) is 11.8. The van der Waals surface area contributed by atoms with Crippen LogP contribution < -0.4 is 19.6 Å². The number of aromatic nitrogens is 1. The summed E-state index contributed by atoms with van der Waals surface area (Å²) in [7, 11) is 0. The number of allylic oxidation sites excluding steroid dienone is 2. The molecule has 7 nitrogen and oxygen atoms in total. The van der Waals surface area contributed by atoms with E-state index in [1.54, 1.807) is 42.7 Å². The zero-order valence-electron chi connectivity index (χ0n) is 21.4. The highest BCUT2D eigenvalue weighted by molar-refractivity contribution is 7.07. The third-order valence-corrected chi connectivity index (χ3v) is 6.84. The molecule has 0 bridgehead atoms. The number of phenolic OH excluding ortho intramolecular Hbond substituents is 1. The van der Waals surface area contributed by atoms with E-state index in [0.29, 0.717) is 38.3 Å². The number of aromatic hydroxyl groups is 1. The van der Waals surface area contributed by atoms with Crippen LogP contribution in [0.25, 0.3) is 6.08 Å². The fourth-order valence-electron chi connectivity index (χ4n) is 4.32. The van der Waals surface area contributed by atoms with Crippen LogP contribution in [0.5, 0.6) is 11.5 Å². The number of hydrogen-bond acceptors (Lipinski definition) is 7. The number of carbonyl (C=O) groups excluding carboxylic acids is 1. The van der Waals surface area contributed by atoms with E-state index in [0.717, 1.165) is 11.1 Å². The highest BCUT2D eigenvalue weighted by Crippen LogP contribution is 2.36. The molecule has 2 heterocycles. The van der Waals surface area contributed by atoms with Gasteiger partial charge in [0.05, 0.1) is 28.5 Å². The standard InChI is InChI=1S/C29H30N2O5S/c1-6-10-20-15-19(13-14-22(20)32)16-24-27(33)31-26(21-11-8-9-12-23(21)36-17(3)4)25(28(34)35-7-2)18(5)30-29(31)37-24/h6,8-9,11-17,26,32H,1,7,10H2,2-5H3/b24-16+/t26-/m0/s1. The maximum absolute atomic E-state index is 13.8. The van der Waals surface area contributed by atoms with Crippen LogP contribution in [0.1, 0.15) is 50.4 Å². The van der Waals surface area contributed by atoms with Gasteiger partial charge in [-0.2, -0.15) is 0 Å². The Morgan fingerprint density at radius 3 is 2.73 bits per heavy atom. The molecule has 192 valence electrons. The maximum Gasteiger partial charge on any atom is 0.338 e. The molecule has 3 aromatic rings. The number of benzene rings is 2. The van der Waals surface area contributed by atoms with Gasteiger partial charge >= 0.3 is 5.97 Å². The summed E-state index contributed by atoms with van der Waals surface area (Å²) in [5.74, 6) is 0.242. The van der Waals surface area contributed by atoms with Gasteiger partial charge in [-0.25, -0.2) is 9.79 Å². The lowest BCUT2D eigenvalue weighted by molar-refractivity contribution is -0.139. The van der Waals surface area contributed by atoms with E-state index < -0.39 is 12.0 Å². The number of para-hydroxylation sites is 1. The van der Waals surface area contributed by atoms with Gasteiger partial charge in [-0.1, -0.05) is 41.7 Å². The van der Waals surface area contributed by atoms with Gasteiger partial charge in [0.15, 0.2) is 4.80 Å². The fourth-order valence-corrected chi connectivity index (χ4v) is 5.37. The van der Waals surface area contributed by atoms with E-state index in [9.17, 15) is 14.7 Å². The highest BCUT2D eigenvalue weighted by atomic mass is 32.1. The Labute approximate surface area is 219 Å². The summed E-state index contributed by atoms with van der Waals surface area (Å²) in [5, 5.41) is 10.1. The molecule has 0 fully saturated rings. The van der Waals surface area contributed by atoms with E-state index in [4.69, 9.17) is 9.47 Å². The first kappa shape index (κ1) is 26.2. The van der Waals surface area contributed by atoms with Crippen LogP contribution in [-0.4, -0.2) is 28.4 Å². The lowest BCUT2D eigenvalue weighted by Crippen LogP contribution is -2.40. The molecule has 1 aliphatic rings. The van der Waals surface area contributed by atoms with Crippen LogP contribution in [0.15, 0.2) is 76.2 Å². The molecule has 2 aromatic carbocycles. The van der Waals surface area contributed by atoms with Crippen LogP contribution >= 0.6 is 11.3 Å². The first-order chi connectivity index (χ1) is 17.7. The normalized spacial score (nSPS) is 15.4. The van der Waals surface area contributed by atoms with Crippen molar-refractivity contribution in [3.63, 3.8) is 0 Å². The van der Waals surface area contributed by atoms with Crippen molar-refractivity contribution in [2.75, 3.05) is 6.61 Å². The molecular weight excluding hydrogens is 488 g/mol. The van der Waals surface area contributed by atoms with Crippen molar-refractivity contribution in [2.24, 2.45) is 4.99 Å². The van der Waals surface area contributed by atoms with Gasteiger partial charge in [0.25, 0.3) is 5.56 Å². The second-order valence-corrected chi connectivity index (χ2v) is 9.90. The van der Waals surface area contributed by atoms with Gasteiger partial charge in [-0.3, -0.25) is 9.36 Å². The summed E-state index contributed by atoms with van der Waals surface area (Å²) in [5.41, 5.74) is 2.68. The predicted octanol–water partition coefficient (Wildman–Crippen LogP) is 4.02. The number of carbonyl (C=O) groups is 1. The molecule has 1 atom stereocenters. The quantitative estimate of drug-likeness (QED) is 0.359. The Bertz CT molecular complexity index is 1560. The molecule has 1 aromatic heterocycles. The van der Waals surface area contributed by atoms with Crippen LogP contribution in [0.3, 0.4) is 0 Å². The van der Waals surface area contributed by atoms with Crippen molar-refractivity contribution < 1.29 is 19.4 Å². The Morgan fingerprint density at radius 2 is 2.03 bits per heavy atom. The van der Waals surface area contributed by atoms with E-state index >= 15 is 0 Å². The molecule has 0 saturated carbocycles. The summed E-state index contributed by atoms with van der Waals surface area (Å²) in [6.07, 6.45) is 3.88. The molecule has 1 N–H and O–H groups in total. The average Bonchev–Trinajstić information content (AvgIpc) is 3.15. The largest absolute Gasteiger partial charge is 0.508 e. The van der Waals surface area contributed by atoms with Gasteiger partial charge in [0.2, 0.25) is 0 Å². The van der Waals surface area contributed by atoms with E-state index in [-0.39, 0.29) is 24.0 Å². The van der Waals surface area contributed by atoms with Crippen LogP contribution in [0.4, 0.5) is 0 Å². The molecule has 4 rings (SSSR count). The van der Waals surface area contributed by atoms with Crippen LogP contribution in [0.2, 0.25) is 0 Å². The zero-order valence-corrected chi connectivity index (χ0v) is 22.2. The molecule has 0 saturated heterocycles. The van der Waals surface area contributed by atoms with Gasteiger partial charge < -0.3 is 14.6 Å². The van der Waals surface area contributed by atoms with Crippen molar-refractivity contribution in [3.8, 4) is 11.5 Å². The number of ether oxygens (including phenoxy) is 2. The Balaban J connectivity index is 1.96. The fraction of sp³-hybridized carbons (Fsp3) is 0.276. The summed E-state index contributed by atoms with van der Waals surface area (Å²) >= 11 is 1.25. The topological polar surface area (TPSA) is 90.1 Å². The third-order valence-electron chi connectivity index (χ3n) is 5.86. The van der Waals surface area contributed by atoms with E-state index in [1.165, 1.54) is 11.3 Å². The summed E-state index contributed by atoms with van der Waals surface area (Å²) in [4.78, 5) is 32.1. The lowest BCUT2D eigenvalue weighted by atomic mass is 9.95. The number of hydrogen-bond donors (Lipinski definition) is 1. The summed E-state index contributed by atoms with van der Waals surface area (Å²) in [6.45, 7) is 11.3. The Hall–Kier alpha value is -3.91. The first-order valence-electron chi connectivity index (χ1n) is 12.1. The molecular formula is C29H30N2O5S. The molecule has 0 amide bonds.